The molecule has 2 fully saturated rings. The standard InChI is InChI=1S/C16H31N3O/c1-13(2)18(3)12-14-7-10-19(11-8-14)16(20)15-6-4-5-9-17-15/h13-15,17H,4-12H2,1-3H3. The summed E-state index contributed by atoms with van der Waals surface area (Å²) < 4.78 is 0. The van der Waals surface area contributed by atoms with Gasteiger partial charge >= 0.3 is 0 Å². The second-order valence-electron chi connectivity index (χ2n) is 6.80. The molecule has 1 N–H and O–H groups in total. The highest BCUT2D eigenvalue weighted by Gasteiger charge is 2.29. The maximum absolute atomic E-state index is 12.4. The van der Waals surface area contributed by atoms with E-state index in [1.165, 1.54) is 19.4 Å². The zero-order valence-corrected chi connectivity index (χ0v) is 13.4. The highest BCUT2D eigenvalue weighted by Crippen LogP contribution is 2.20. The maximum atomic E-state index is 12.4. The van der Waals surface area contributed by atoms with Crippen LogP contribution in [0.25, 0.3) is 0 Å². The molecule has 1 amide bonds. The van der Waals surface area contributed by atoms with E-state index in [2.05, 4.69) is 36.0 Å². The van der Waals surface area contributed by atoms with Crippen molar-refractivity contribution >= 4 is 5.91 Å². The van der Waals surface area contributed by atoms with E-state index in [1.807, 2.05) is 0 Å². The fraction of sp³-hybridized carbons (Fsp3) is 0.938. The number of piperidine rings is 2. The molecule has 0 aromatic rings. The zero-order valence-electron chi connectivity index (χ0n) is 13.4. The number of carbonyl (C=O) groups is 1. The Morgan fingerprint density at radius 1 is 1.25 bits per heavy atom. The average Bonchev–Trinajstić information content (AvgIpc) is 2.48. The molecule has 4 heteroatoms. The molecule has 4 nitrogen and oxygen atoms in total. The lowest BCUT2D eigenvalue weighted by Crippen LogP contribution is -2.51. The van der Waals surface area contributed by atoms with E-state index in [1.54, 1.807) is 0 Å². The highest BCUT2D eigenvalue weighted by molar-refractivity contribution is 5.82. The molecule has 2 aliphatic heterocycles. The molecule has 2 aliphatic rings. The van der Waals surface area contributed by atoms with E-state index in [9.17, 15) is 4.79 Å². The van der Waals surface area contributed by atoms with Gasteiger partial charge in [0, 0.05) is 25.7 Å². The van der Waals surface area contributed by atoms with Crippen molar-refractivity contribution in [3.8, 4) is 0 Å². The van der Waals surface area contributed by atoms with Crippen molar-refractivity contribution in [1.29, 1.82) is 0 Å². The lowest BCUT2D eigenvalue weighted by atomic mass is 9.94. The van der Waals surface area contributed by atoms with E-state index >= 15 is 0 Å². The number of nitrogens with zero attached hydrogens (tertiary/aromatic N) is 2. The summed E-state index contributed by atoms with van der Waals surface area (Å²) in [7, 11) is 2.20. The Balaban J connectivity index is 1.74. The van der Waals surface area contributed by atoms with Crippen LogP contribution in [0.1, 0.15) is 46.0 Å². The van der Waals surface area contributed by atoms with Gasteiger partial charge < -0.3 is 15.1 Å². The topological polar surface area (TPSA) is 35.6 Å². The first-order chi connectivity index (χ1) is 9.58. The Morgan fingerprint density at radius 3 is 2.50 bits per heavy atom. The average molecular weight is 281 g/mol. The van der Waals surface area contributed by atoms with Crippen molar-refractivity contribution in [2.24, 2.45) is 5.92 Å². The molecule has 2 heterocycles. The number of nitrogens with one attached hydrogen (secondary N) is 1. The Morgan fingerprint density at radius 2 is 1.95 bits per heavy atom. The van der Waals surface area contributed by atoms with Crippen LogP contribution < -0.4 is 5.32 Å². The summed E-state index contributed by atoms with van der Waals surface area (Å²) in [5.74, 6) is 1.10. The molecule has 0 bridgehead atoms. The molecule has 0 aliphatic carbocycles. The molecule has 1 atom stereocenters. The third kappa shape index (κ3) is 4.19. The normalized spacial score (nSPS) is 25.4. The van der Waals surface area contributed by atoms with Crippen LogP contribution in [0, 0.1) is 5.92 Å². The van der Waals surface area contributed by atoms with Gasteiger partial charge in [0.05, 0.1) is 6.04 Å². The Hall–Kier alpha value is -0.610. The fourth-order valence-electron chi connectivity index (χ4n) is 3.24. The molecular weight excluding hydrogens is 250 g/mol. The minimum atomic E-state index is 0.0960. The van der Waals surface area contributed by atoms with Crippen LogP contribution in [-0.4, -0.2) is 61.0 Å². The Bertz CT molecular complexity index is 305. The molecule has 116 valence electrons. The van der Waals surface area contributed by atoms with Crippen molar-refractivity contribution in [3.63, 3.8) is 0 Å². The van der Waals surface area contributed by atoms with Crippen molar-refractivity contribution in [1.82, 2.24) is 15.1 Å². The summed E-state index contributed by atoms with van der Waals surface area (Å²) in [6.07, 6.45) is 5.76. The smallest absolute Gasteiger partial charge is 0.239 e. The number of likely N-dealkylation sites (tertiary alicyclic amines) is 1. The molecule has 0 spiro atoms. The molecule has 0 saturated carbocycles. The number of amides is 1. The predicted octanol–water partition coefficient (Wildman–Crippen LogP) is 1.71. The third-order valence-electron chi connectivity index (χ3n) is 4.96. The first-order valence-corrected chi connectivity index (χ1v) is 8.30. The molecule has 0 aromatic carbocycles. The van der Waals surface area contributed by atoms with Crippen LogP contribution >= 0.6 is 0 Å². The van der Waals surface area contributed by atoms with E-state index < -0.39 is 0 Å². The maximum Gasteiger partial charge on any atom is 0.239 e. The van der Waals surface area contributed by atoms with E-state index in [0.29, 0.717) is 11.9 Å². The van der Waals surface area contributed by atoms with Gasteiger partial charge in [0.25, 0.3) is 0 Å². The van der Waals surface area contributed by atoms with Crippen LogP contribution in [0.5, 0.6) is 0 Å². The summed E-state index contributed by atoms with van der Waals surface area (Å²) in [5.41, 5.74) is 0. The van der Waals surface area contributed by atoms with E-state index in [-0.39, 0.29) is 6.04 Å². The first-order valence-electron chi connectivity index (χ1n) is 8.30. The van der Waals surface area contributed by atoms with Crippen LogP contribution in [-0.2, 0) is 4.79 Å². The van der Waals surface area contributed by atoms with Crippen molar-refractivity contribution in [3.05, 3.63) is 0 Å². The van der Waals surface area contributed by atoms with Crippen molar-refractivity contribution in [2.45, 2.75) is 58.0 Å². The van der Waals surface area contributed by atoms with Crippen LogP contribution in [0.4, 0.5) is 0 Å². The summed E-state index contributed by atoms with van der Waals surface area (Å²) in [4.78, 5) is 17.0. The summed E-state index contributed by atoms with van der Waals surface area (Å²) >= 11 is 0. The SMILES string of the molecule is CC(C)N(C)CC1CCN(C(=O)C2CCCCN2)CC1. The minimum Gasteiger partial charge on any atom is -0.341 e. The van der Waals surface area contributed by atoms with Gasteiger partial charge in [-0.15, -0.1) is 0 Å². The van der Waals surface area contributed by atoms with Gasteiger partial charge in [-0.05, 0) is 59.0 Å². The molecule has 1 unspecified atom stereocenters. The molecule has 2 saturated heterocycles. The molecule has 0 aromatic heterocycles. The lowest BCUT2D eigenvalue weighted by molar-refractivity contribution is -0.135. The van der Waals surface area contributed by atoms with Gasteiger partial charge in [0.15, 0.2) is 0 Å². The van der Waals surface area contributed by atoms with Gasteiger partial charge in [0.1, 0.15) is 0 Å². The van der Waals surface area contributed by atoms with Crippen molar-refractivity contribution in [2.75, 3.05) is 33.2 Å². The zero-order chi connectivity index (χ0) is 14.5. The van der Waals surface area contributed by atoms with Crippen LogP contribution in [0.15, 0.2) is 0 Å². The number of rotatable bonds is 4. The van der Waals surface area contributed by atoms with E-state index in [4.69, 9.17) is 0 Å². The Kier molecular flexibility index (Phi) is 5.85. The van der Waals surface area contributed by atoms with Gasteiger partial charge in [-0.2, -0.15) is 0 Å². The first kappa shape index (κ1) is 15.8. The van der Waals surface area contributed by atoms with Gasteiger partial charge in [-0.1, -0.05) is 6.42 Å². The summed E-state index contributed by atoms with van der Waals surface area (Å²) in [5, 5.41) is 3.38. The molecular formula is C16H31N3O. The molecule has 20 heavy (non-hydrogen) atoms. The largest absolute Gasteiger partial charge is 0.341 e. The van der Waals surface area contributed by atoms with Crippen LogP contribution in [0.3, 0.4) is 0 Å². The van der Waals surface area contributed by atoms with E-state index in [0.717, 1.165) is 44.8 Å². The third-order valence-corrected chi connectivity index (χ3v) is 4.96. The van der Waals surface area contributed by atoms with Crippen LogP contribution in [0.2, 0.25) is 0 Å². The number of hydrogen-bond acceptors (Lipinski definition) is 3. The monoisotopic (exact) mass is 281 g/mol. The number of carbonyl (C=O) groups excluding carboxylic acids is 1. The predicted molar refractivity (Wildman–Crippen MR) is 82.7 cm³/mol. The quantitative estimate of drug-likeness (QED) is 0.852. The minimum absolute atomic E-state index is 0.0960. The van der Waals surface area contributed by atoms with Gasteiger partial charge in [-0.25, -0.2) is 0 Å². The summed E-state index contributed by atoms with van der Waals surface area (Å²) in [6, 6.07) is 0.708. The Labute approximate surface area is 123 Å². The second kappa shape index (κ2) is 7.41. The molecule has 0 radical (unpaired) electrons. The highest BCUT2D eigenvalue weighted by atomic mass is 16.2. The lowest BCUT2D eigenvalue weighted by Gasteiger charge is -2.37. The van der Waals surface area contributed by atoms with Gasteiger partial charge in [0.2, 0.25) is 5.91 Å². The van der Waals surface area contributed by atoms with Crippen molar-refractivity contribution < 1.29 is 4.79 Å². The summed E-state index contributed by atoms with van der Waals surface area (Å²) in [6.45, 7) is 8.56. The number of hydrogen-bond donors (Lipinski definition) is 1. The molecule has 2 rings (SSSR count). The fourth-order valence-corrected chi connectivity index (χ4v) is 3.24. The van der Waals surface area contributed by atoms with Gasteiger partial charge in [-0.3, -0.25) is 4.79 Å². The second-order valence-corrected chi connectivity index (χ2v) is 6.80.